The monoisotopic (exact) mass is 601 g/mol. The van der Waals surface area contributed by atoms with E-state index in [9.17, 15) is 24.1 Å². The predicted octanol–water partition coefficient (Wildman–Crippen LogP) is 6.16. The highest BCUT2D eigenvalue weighted by molar-refractivity contribution is 7.54. The van der Waals surface area contributed by atoms with E-state index in [-0.39, 0.29) is 29.7 Å². The summed E-state index contributed by atoms with van der Waals surface area (Å²) in [5.74, 6) is -1.24. The summed E-state index contributed by atoms with van der Waals surface area (Å²) >= 11 is 0. The fraction of sp³-hybridized carbons (Fsp3) is 0.156. The second-order valence-corrected chi connectivity index (χ2v) is 11.6. The molecule has 222 valence electrons. The van der Waals surface area contributed by atoms with E-state index >= 15 is 0 Å². The van der Waals surface area contributed by atoms with Crippen molar-refractivity contribution in [3.05, 3.63) is 109 Å². The van der Waals surface area contributed by atoms with E-state index in [0.29, 0.717) is 11.4 Å². The molecule has 10 nitrogen and oxygen atoms in total. The van der Waals surface area contributed by atoms with Crippen LogP contribution in [0.1, 0.15) is 19.4 Å². The van der Waals surface area contributed by atoms with Crippen molar-refractivity contribution in [3.63, 3.8) is 0 Å². The summed E-state index contributed by atoms with van der Waals surface area (Å²) in [5, 5.41) is 18.1. The SMILES string of the molecule is CC(=O)Nc1ccc(OP(=O)(CN[C@@H](Cc2ccc(-c3ccccc3)cc2)C(=O)O)Oc2ccc(NC(C)=O)cc2)cc1. The summed E-state index contributed by atoms with van der Waals surface area (Å²) in [6, 6.07) is 28.7. The highest BCUT2D eigenvalue weighted by atomic mass is 31.2. The van der Waals surface area contributed by atoms with Crippen molar-refractivity contribution in [3.8, 4) is 22.6 Å². The van der Waals surface area contributed by atoms with Gasteiger partial charge in [-0.2, -0.15) is 0 Å². The van der Waals surface area contributed by atoms with Gasteiger partial charge in [0.1, 0.15) is 23.8 Å². The van der Waals surface area contributed by atoms with Crippen LogP contribution in [-0.4, -0.2) is 35.2 Å². The maximum absolute atomic E-state index is 14.0. The number of amides is 2. The van der Waals surface area contributed by atoms with Crippen LogP contribution in [0.4, 0.5) is 11.4 Å². The largest absolute Gasteiger partial charge is 0.480 e. The number of carbonyl (C=O) groups excluding carboxylic acids is 2. The molecule has 4 rings (SSSR count). The molecule has 0 heterocycles. The van der Waals surface area contributed by atoms with Crippen LogP contribution in [-0.2, 0) is 25.4 Å². The Balaban J connectivity index is 1.50. The van der Waals surface area contributed by atoms with Gasteiger partial charge in [-0.05, 0) is 71.6 Å². The third kappa shape index (κ3) is 9.56. The minimum atomic E-state index is -4.04. The fourth-order valence-corrected chi connectivity index (χ4v) is 5.67. The summed E-state index contributed by atoms with van der Waals surface area (Å²) in [6.07, 6.45) is -0.297. The van der Waals surface area contributed by atoms with Gasteiger partial charge in [0.15, 0.2) is 0 Å². The van der Waals surface area contributed by atoms with Crippen LogP contribution in [0.2, 0.25) is 0 Å². The molecule has 4 N–H and O–H groups in total. The van der Waals surface area contributed by atoms with Crippen LogP contribution in [0.25, 0.3) is 11.1 Å². The van der Waals surface area contributed by atoms with Gasteiger partial charge >= 0.3 is 13.6 Å². The van der Waals surface area contributed by atoms with E-state index in [1.807, 2.05) is 54.6 Å². The van der Waals surface area contributed by atoms with Crippen molar-refractivity contribution in [2.24, 2.45) is 0 Å². The maximum Gasteiger partial charge on any atom is 0.444 e. The van der Waals surface area contributed by atoms with Gasteiger partial charge in [0.05, 0.1) is 0 Å². The molecule has 0 aliphatic rings. The quantitative estimate of drug-likeness (QED) is 0.133. The molecule has 0 unspecified atom stereocenters. The fourth-order valence-electron chi connectivity index (χ4n) is 4.18. The number of carboxylic acids is 1. The minimum Gasteiger partial charge on any atom is -0.480 e. The zero-order chi connectivity index (χ0) is 30.8. The Morgan fingerprint density at radius 2 is 1.16 bits per heavy atom. The Labute approximate surface area is 249 Å². The first-order valence-corrected chi connectivity index (χ1v) is 15.2. The van der Waals surface area contributed by atoms with Gasteiger partial charge in [-0.3, -0.25) is 19.7 Å². The highest BCUT2D eigenvalue weighted by Crippen LogP contribution is 2.48. The number of carbonyl (C=O) groups is 3. The molecule has 0 fully saturated rings. The number of anilines is 2. The van der Waals surface area contributed by atoms with Crippen LogP contribution < -0.4 is 25.0 Å². The lowest BCUT2D eigenvalue weighted by atomic mass is 10.0. The zero-order valence-corrected chi connectivity index (χ0v) is 24.5. The van der Waals surface area contributed by atoms with Gasteiger partial charge in [0, 0.05) is 25.2 Å². The average molecular weight is 602 g/mol. The van der Waals surface area contributed by atoms with Gasteiger partial charge in [-0.15, -0.1) is 0 Å². The summed E-state index contributed by atoms with van der Waals surface area (Å²) < 4.78 is 25.6. The Bertz CT molecular complexity index is 1530. The first-order valence-electron chi connectivity index (χ1n) is 13.4. The van der Waals surface area contributed by atoms with Gasteiger partial charge in [-0.1, -0.05) is 54.6 Å². The van der Waals surface area contributed by atoms with Crippen molar-refractivity contribution >= 4 is 36.8 Å². The molecule has 0 radical (unpaired) electrons. The standard InChI is InChI=1S/C32H32N3O7P/c1-22(36)34-27-12-16-29(17-13-27)41-43(40,42-30-18-14-28(15-19-30)35-23(2)37)21-33-31(32(38)39)20-24-8-10-26(11-9-24)25-6-4-3-5-7-25/h3-19,31,33H,20-21H2,1-2H3,(H,34,36)(H,35,37)(H,38,39)/t31-/m0/s1. The van der Waals surface area contributed by atoms with Crippen LogP contribution in [0.3, 0.4) is 0 Å². The van der Waals surface area contributed by atoms with Crippen molar-refractivity contribution in [2.45, 2.75) is 26.3 Å². The molecule has 2 amide bonds. The molecule has 11 heteroatoms. The first-order chi connectivity index (χ1) is 20.6. The normalized spacial score (nSPS) is 11.7. The molecule has 4 aromatic carbocycles. The second kappa shape index (κ2) is 14.3. The summed E-state index contributed by atoms with van der Waals surface area (Å²) in [4.78, 5) is 34.9. The van der Waals surface area contributed by atoms with Crippen molar-refractivity contribution in [2.75, 3.05) is 16.9 Å². The van der Waals surface area contributed by atoms with Crippen LogP contribution in [0.5, 0.6) is 11.5 Å². The average Bonchev–Trinajstić information content (AvgIpc) is 2.97. The van der Waals surface area contributed by atoms with Gasteiger partial charge < -0.3 is 24.8 Å². The number of benzene rings is 4. The van der Waals surface area contributed by atoms with Gasteiger partial charge in [-0.25, -0.2) is 4.57 Å². The molecule has 0 aromatic heterocycles. The van der Waals surface area contributed by atoms with E-state index in [1.165, 1.54) is 38.1 Å². The number of hydrogen-bond acceptors (Lipinski definition) is 7. The van der Waals surface area contributed by atoms with Crippen LogP contribution in [0, 0.1) is 0 Å². The number of carboxylic acid groups (broad SMARTS) is 1. The van der Waals surface area contributed by atoms with Crippen LogP contribution in [0.15, 0.2) is 103 Å². The van der Waals surface area contributed by atoms with Crippen LogP contribution >= 0.6 is 7.60 Å². The van der Waals surface area contributed by atoms with Gasteiger partial charge in [0.25, 0.3) is 0 Å². The molecule has 0 aliphatic heterocycles. The summed E-state index contributed by atoms with van der Waals surface area (Å²) in [5.41, 5.74) is 3.87. The van der Waals surface area contributed by atoms with Crippen molar-refractivity contribution < 1.29 is 33.1 Å². The number of nitrogens with one attached hydrogen (secondary N) is 3. The van der Waals surface area contributed by atoms with Gasteiger partial charge in [0.2, 0.25) is 11.8 Å². The van der Waals surface area contributed by atoms with Crippen molar-refractivity contribution in [1.82, 2.24) is 5.32 Å². The zero-order valence-electron chi connectivity index (χ0n) is 23.7. The molecule has 4 aromatic rings. The highest BCUT2D eigenvalue weighted by Gasteiger charge is 2.31. The minimum absolute atomic E-state index is 0.126. The predicted molar refractivity (Wildman–Crippen MR) is 165 cm³/mol. The molecule has 0 saturated carbocycles. The number of rotatable bonds is 13. The van der Waals surface area contributed by atoms with E-state index < -0.39 is 25.9 Å². The first kappa shape index (κ1) is 31.0. The number of hydrogen-bond donors (Lipinski definition) is 4. The number of aliphatic carboxylic acids is 1. The Morgan fingerprint density at radius 1 is 0.698 bits per heavy atom. The molecular weight excluding hydrogens is 569 g/mol. The molecular formula is C32H32N3O7P. The smallest absolute Gasteiger partial charge is 0.444 e. The Morgan fingerprint density at radius 3 is 1.60 bits per heavy atom. The third-order valence-corrected chi connectivity index (χ3v) is 7.72. The molecule has 0 aliphatic carbocycles. The third-order valence-electron chi connectivity index (χ3n) is 6.17. The van der Waals surface area contributed by atoms with E-state index in [1.54, 1.807) is 24.3 Å². The molecule has 0 spiro atoms. The lowest BCUT2D eigenvalue weighted by molar-refractivity contribution is -0.139. The van der Waals surface area contributed by atoms with E-state index in [2.05, 4.69) is 16.0 Å². The Hall–Kier alpha value is -4.92. The summed E-state index contributed by atoms with van der Waals surface area (Å²) in [7, 11) is -4.04. The lowest BCUT2D eigenvalue weighted by Crippen LogP contribution is -2.39. The molecule has 43 heavy (non-hydrogen) atoms. The van der Waals surface area contributed by atoms with Crippen molar-refractivity contribution in [1.29, 1.82) is 0 Å². The molecule has 1 atom stereocenters. The van der Waals surface area contributed by atoms with E-state index in [0.717, 1.165) is 16.7 Å². The molecule has 0 bridgehead atoms. The van der Waals surface area contributed by atoms with E-state index in [4.69, 9.17) is 9.05 Å². The topological polar surface area (TPSA) is 143 Å². The lowest BCUT2D eigenvalue weighted by Gasteiger charge is -2.23. The Kier molecular flexibility index (Phi) is 10.3. The second-order valence-electron chi connectivity index (χ2n) is 9.72. The summed E-state index contributed by atoms with van der Waals surface area (Å²) in [6.45, 7) is 2.76. The maximum atomic E-state index is 14.0. The molecule has 0 saturated heterocycles.